The molecular weight excluding hydrogens is 259 g/mol. The summed E-state index contributed by atoms with van der Waals surface area (Å²) in [4.78, 5) is 12.9. The Balaban J connectivity index is 2.01. The van der Waals surface area contributed by atoms with E-state index < -0.39 is 5.97 Å². The van der Waals surface area contributed by atoms with E-state index in [1.165, 1.54) is 12.1 Å². The van der Waals surface area contributed by atoms with Crippen molar-refractivity contribution in [3.8, 4) is 0 Å². The van der Waals surface area contributed by atoms with Gasteiger partial charge in [-0.15, -0.1) is 0 Å². The van der Waals surface area contributed by atoms with E-state index in [4.69, 9.17) is 5.11 Å². The lowest BCUT2D eigenvalue weighted by atomic mass is 10.00. The molecule has 1 aromatic heterocycles. The predicted octanol–water partition coefficient (Wildman–Crippen LogP) is 2.12. The molecule has 0 radical (unpaired) electrons. The van der Waals surface area contributed by atoms with Gasteiger partial charge in [0.2, 0.25) is 0 Å². The van der Waals surface area contributed by atoms with Crippen molar-refractivity contribution in [2.45, 2.75) is 12.6 Å². The van der Waals surface area contributed by atoms with Crippen molar-refractivity contribution in [3.63, 3.8) is 0 Å². The van der Waals surface area contributed by atoms with Crippen LogP contribution in [-0.4, -0.2) is 33.6 Å². The van der Waals surface area contributed by atoms with Gasteiger partial charge in [0.25, 0.3) is 0 Å². The Morgan fingerprint density at radius 3 is 2.70 bits per heavy atom. The number of benzene rings is 1. The van der Waals surface area contributed by atoms with Gasteiger partial charge in [-0.2, -0.15) is 0 Å². The maximum absolute atomic E-state index is 13.1. The first kappa shape index (κ1) is 12.9. The number of aliphatic carboxylic acids is 1. The number of rotatable bonds is 3. The summed E-state index contributed by atoms with van der Waals surface area (Å²) < 4.78 is 15.2. The molecule has 1 aliphatic rings. The van der Waals surface area contributed by atoms with Gasteiger partial charge >= 0.3 is 5.97 Å². The van der Waals surface area contributed by atoms with Crippen LogP contribution in [0.2, 0.25) is 0 Å². The van der Waals surface area contributed by atoms with Crippen LogP contribution in [-0.2, 0) is 11.3 Å². The zero-order valence-electron chi connectivity index (χ0n) is 10.9. The zero-order chi connectivity index (χ0) is 14.1. The highest BCUT2D eigenvalue weighted by molar-refractivity contribution is 5.69. The maximum atomic E-state index is 13.1. The molecule has 1 N–H and O–H groups in total. The van der Waals surface area contributed by atoms with Gasteiger partial charge in [-0.3, -0.25) is 9.69 Å². The van der Waals surface area contributed by atoms with Crippen molar-refractivity contribution in [2.75, 3.05) is 13.1 Å². The standard InChI is InChI=1S/C15H15FN2O2/c16-12-5-3-11(4-6-12)15-13-2-1-7-17(13)8-9-18(15)10-14(19)20/h1-7,15H,8-10H2,(H,19,20). The van der Waals surface area contributed by atoms with Gasteiger partial charge in [0.05, 0.1) is 12.6 Å². The molecule has 1 unspecified atom stereocenters. The molecule has 20 heavy (non-hydrogen) atoms. The first-order chi connectivity index (χ1) is 9.65. The highest BCUT2D eigenvalue weighted by atomic mass is 19.1. The molecule has 1 atom stereocenters. The number of carboxylic acids is 1. The van der Waals surface area contributed by atoms with Crippen LogP contribution in [0.15, 0.2) is 42.6 Å². The number of hydrogen-bond acceptors (Lipinski definition) is 2. The summed E-state index contributed by atoms with van der Waals surface area (Å²) in [5.74, 6) is -1.14. The predicted molar refractivity (Wildman–Crippen MR) is 71.9 cm³/mol. The van der Waals surface area contributed by atoms with Gasteiger partial charge in [-0.05, 0) is 29.8 Å². The molecular formula is C15H15FN2O2. The van der Waals surface area contributed by atoms with E-state index in [0.29, 0.717) is 6.54 Å². The summed E-state index contributed by atoms with van der Waals surface area (Å²) in [7, 11) is 0. The Labute approximate surface area is 116 Å². The Morgan fingerprint density at radius 1 is 1.25 bits per heavy atom. The van der Waals surface area contributed by atoms with Crippen molar-refractivity contribution < 1.29 is 14.3 Å². The van der Waals surface area contributed by atoms with Crippen molar-refractivity contribution in [1.82, 2.24) is 9.47 Å². The molecule has 0 saturated heterocycles. The minimum atomic E-state index is -0.850. The van der Waals surface area contributed by atoms with E-state index in [2.05, 4.69) is 4.57 Å². The highest BCUT2D eigenvalue weighted by Gasteiger charge is 2.29. The number of carboxylic acid groups (broad SMARTS) is 1. The molecule has 2 aromatic rings. The van der Waals surface area contributed by atoms with Gasteiger partial charge in [-0.25, -0.2) is 4.39 Å². The fraction of sp³-hybridized carbons (Fsp3) is 0.267. The van der Waals surface area contributed by atoms with Crippen LogP contribution in [0.5, 0.6) is 0 Å². The SMILES string of the molecule is O=C(O)CN1CCn2cccc2C1c1ccc(F)cc1. The van der Waals surface area contributed by atoms with E-state index in [1.807, 2.05) is 23.2 Å². The Hall–Kier alpha value is -2.14. The van der Waals surface area contributed by atoms with E-state index in [0.717, 1.165) is 17.8 Å². The van der Waals surface area contributed by atoms with E-state index in [-0.39, 0.29) is 18.4 Å². The largest absolute Gasteiger partial charge is 0.480 e. The van der Waals surface area contributed by atoms with Crippen molar-refractivity contribution in [3.05, 3.63) is 59.7 Å². The molecule has 0 bridgehead atoms. The summed E-state index contributed by atoms with van der Waals surface area (Å²) in [5, 5.41) is 9.06. The van der Waals surface area contributed by atoms with Crippen LogP contribution in [0.1, 0.15) is 17.3 Å². The van der Waals surface area contributed by atoms with E-state index in [1.54, 1.807) is 12.1 Å². The van der Waals surface area contributed by atoms with Gasteiger partial charge in [-0.1, -0.05) is 12.1 Å². The van der Waals surface area contributed by atoms with Crippen LogP contribution >= 0.6 is 0 Å². The smallest absolute Gasteiger partial charge is 0.317 e. The Morgan fingerprint density at radius 2 is 2.00 bits per heavy atom. The minimum Gasteiger partial charge on any atom is -0.480 e. The number of carbonyl (C=O) groups is 1. The number of hydrogen-bond donors (Lipinski definition) is 1. The minimum absolute atomic E-state index is 0.0206. The number of aromatic nitrogens is 1. The average Bonchev–Trinajstić information content (AvgIpc) is 2.87. The summed E-state index contributed by atoms with van der Waals surface area (Å²) in [5.41, 5.74) is 1.96. The van der Waals surface area contributed by atoms with Crippen molar-refractivity contribution in [2.24, 2.45) is 0 Å². The third-order valence-electron chi connectivity index (χ3n) is 3.66. The first-order valence-electron chi connectivity index (χ1n) is 6.51. The fourth-order valence-electron chi connectivity index (χ4n) is 2.80. The molecule has 5 heteroatoms. The van der Waals surface area contributed by atoms with Crippen LogP contribution in [0.3, 0.4) is 0 Å². The van der Waals surface area contributed by atoms with Gasteiger partial charge in [0.1, 0.15) is 5.82 Å². The second kappa shape index (κ2) is 5.09. The third-order valence-corrected chi connectivity index (χ3v) is 3.66. The van der Waals surface area contributed by atoms with Crippen LogP contribution < -0.4 is 0 Å². The molecule has 0 amide bonds. The Kier molecular flexibility index (Phi) is 3.28. The summed E-state index contributed by atoms with van der Waals surface area (Å²) in [6.45, 7) is 1.41. The summed E-state index contributed by atoms with van der Waals surface area (Å²) in [6, 6.07) is 10.1. The molecule has 0 fully saturated rings. The first-order valence-corrected chi connectivity index (χ1v) is 6.51. The summed E-state index contributed by atoms with van der Waals surface area (Å²) >= 11 is 0. The summed E-state index contributed by atoms with van der Waals surface area (Å²) in [6.07, 6.45) is 1.99. The molecule has 0 spiro atoms. The number of halogens is 1. The molecule has 4 nitrogen and oxygen atoms in total. The number of fused-ring (bicyclic) bond motifs is 1. The average molecular weight is 274 g/mol. The molecule has 0 aliphatic carbocycles. The lowest BCUT2D eigenvalue weighted by molar-refractivity contribution is -0.139. The molecule has 0 saturated carbocycles. The molecule has 2 heterocycles. The van der Waals surface area contributed by atoms with E-state index >= 15 is 0 Å². The third kappa shape index (κ3) is 2.32. The lowest BCUT2D eigenvalue weighted by Gasteiger charge is -2.36. The van der Waals surface area contributed by atoms with Crippen molar-refractivity contribution in [1.29, 1.82) is 0 Å². The van der Waals surface area contributed by atoms with E-state index in [9.17, 15) is 9.18 Å². The van der Waals surface area contributed by atoms with Crippen LogP contribution in [0, 0.1) is 5.82 Å². The monoisotopic (exact) mass is 274 g/mol. The Bertz CT molecular complexity index is 621. The van der Waals surface area contributed by atoms with Crippen LogP contribution in [0.4, 0.5) is 4.39 Å². The number of nitrogens with zero attached hydrogens (tertiary/aromatic N) is 2. The van der Waals surface area contributed by atoms with Gasteiger partial charge < -0.3 is 9.67 Å². The van der Waals surface area contributed by atoms with Gasteiger partial charge in [0, 0.05) is 25.0 Å². The molecule has 104 valence electrons. The fourth-order valence-corrected chi connectivity index (χ4v) is 2.80. The quantitative estimate of drug-likeness (QED) is 0.932. The lowest BCUT2D eigenvalue weighted by Crippen LogP contribution is -2.41. The second-order valence-electron chi connectivity index (χ2n) is 4.94. The highest BCUT2D eigenvalue weighted by Crippen LogP contribution is 2.32. The second-order valence-corrected chi connectivity index (χ2v) is 4.94. The molecule has 1 aromatic carbocycles. The maximum Gasteiger partial charge on any atom is 0.317 e. The molecule has 3 rings (SSSR count). The van der Waals surface area contributed by atoms with Crippen molar-refractivity contribution >= 4 is 5.97 Å². The zero-order valence-corrected chi connectivity index (χ0v) is 10.9. The normalized spacial score (nSPS) is 18.8. The van der Waals surface area contributed by atoms with Gasteiger partial charge in [0.15, 0.2) is 0 Å². The van der Waals surface area contributed by atoms with Crippen LogP contribution in [0.25, 0.3) is 0 Å². The topological polar surface area (TPSA) is 45.5 Å². The molecule has 1 aliphatic heterocycles.